The quantitative estimate of drug-likeness (QED) is 0.0298. The topological polar surface area (TPSA) is 224 Å². The maximum absolute atomic E-state index is 14.8. The summed E-state index contributed by atoms with van der Waals surface area (Å²) in [5.74, 6) is -2.23. The number of aryl methyl sites for hydroxylation is 3. The van der Waals surface area contributed by atoms with Crippen molar-refractivity contribution in [2.75, 3.05) is 59.2 Å². The molecule has 0 radical (unpaired) electrons. The Balaban J connectivity index is 0.000000177. The molecule has 0 saturated carbocycles. The number of amides is 3. The monoisotopic (exact) mass is 1510 g/mol. The number of carbonyl (C=O) groups is 3. The van der Waals surface area contributed by atoms with E-state index in [1.54, 1.807) is 116 Å². The zero-order valence-corrected chi connectivity index (χ0v) is 65.3. The summed E-state index contributed by atoms with van der Waals surface area (Å²) in [5.41, 5.74) is 15.3. The molecule has 17 nitrogen and oxygen atoms in total. The number of benzene rings is 6. The van der Waals surface area contributed by atoms with E-state index in [2.05, 4.69) is 45.9 Å². The summed E-state index contributed by atoms with van der Waals surface area (Å²) in [7, 11) is 8.28. The van der Waals surface area contributed by atoms with Crippen molar-refractivity contribution in [3.8, 4) is 84.0 Å². The van der Waals surface area contributed by atoms with Gasteiger partial charge in [-0.05, 0) is 223 Å². The average Bonchev–Trinajstić information content (AvgIpc) is 1.69. The molecule has 0 unspecified atom stereocenters. The second-order valence-corrected chi connectivity index (χ2v) is 29.4. The van der Waals surface area contributed by atoms with Gasteiger partial charge in [-0.25, -0.2) is 41.3 Å². The number of allylic oxidation sites excluding steroid dienone is 1. The van der Waals surface area contributed by atoms with Crippen molar-refractivity contribution in [1.82, 2.24) is 40.1 Å². The number of hydrogen-bond acceptors (Lipinski definition) is 11. The van der Waals surface area contributed by atoms with Crippen LogP contribution in [0, 0.1) is 81.9 Å². The highest BCUT2D eigenvalue weighted by Crippen LogP contribution is 2.43. The van der Waals surface area contributed by atoms with Crippen molar-refractivity contribution in [3.05, 3.63) is 231 Å². The van der Waals surface area contributed by atoms with Gasteiger partial charge in [0.05, 0.1) is 33.5 Å². The van der Waals surface area contributed by atoms with Gasteiger partial charge in [0.15, 0.2) is 0 Å². The Morgan fingerprint density at radius 3 is 1.23 bits per heavy atom. The van der Waals surface area contributed by atoms with Gasteiger partial charge in [0, 0.05) is 157 Å². The lowest BCUT2D eigenvalue weighted by Gasteiger charge is -2.23. The Morgan fingerprint density at radius 1 is 0.486 bits per heavy atom. The number of anilines is 2. The molecule has 0 aliphatic heterocycles. The van der Waals surface area contributed by atoms with Gasteiger partial charge in [-0.2, -0.15) is 0 Å². The first-order valence-corrected chi connectivity index (χ1v) is 35.6. The molecule has 6 heterocycles. The molecule has 6 aromatic carbocycles. The molecule has 576 valence electrons. The van der Waals surface area contributed by atoms with E-state index in [4.69, 9.17) is 14.2 Å². The van der Waals surface area contributed by atoms with Crippen molar-refractivity contribution in [1.29, 1.82) is 0 Å². The summed E-state index contributed by atoms with van der Waals surface area (Å²) in [6.45, 7) is 23.8. The first-order valence-electron chi connectivity index (χ1n) is 35.6. The Bertz CT molecular complexity index is 5690. The maximum Gasteiger partial charge on any atom is 0.251 e. The van der Waals surface area contributed by atoms with Crippen LogP contribution in [0.5, 0.6) is 17.2 Å². The number of H-pyrrole nitrogens is 3. The van der Waals surface area contributed by atoms with Crippen molar-refractivity contribution >= 4 is 68.3 Å². The number of likely N-dealkylation sites (N-methyl/N-ethyl adjacent to an activating group) is 1. The van der Waals surface area contributed by atoms with Crippen molar-refractivity contribution in [3.63, 3.8) is 0 Å². The number of ether oxygens (including phenoxy) is 3. The summed E-state index contributed by atoms with van der Waals surface area (Å²) in [4.78, 5) is 62.8. The number of aliphatic hydroxyl groups is 1. The number of carbonyl (C=O) groups excluding carboxylic acids is 3. The molecule has 7 N–H and O–H groups in total. The van der Waals surface area contributed by atoms with Crippen molar-refractivity contribution < 1.29 is 60.0 Å². The highest BCUT2D eigenvalue weighted by Gasteiger charge is 2.25. The van der Waals surface area contributed by atoms with E-state index < -0.39 is 23.0 Å². The molecule has 0 spiro atoms. The first-order chi connectivity index (χ1) is 52.5. The van der Waals surface area contributed by atoms with E-state index in [1.165, 1.54) is 82.0 Å². The van der Waals surface area contributed by atoms with Gasteiger partial charge in [-0.1, -0.05) is 32.9 Å². The van der Waals surface area contributed by atoms with Crippen molar-refractivity contribution in [2.45, 2.75) is 95.5 Å². The van der Waals surface area contributed by atoms with E-state index in [0.717, 1.165) is 49.5 Å². The molecule has 12 aromatic rings. The number of hydrogen-bond donors (Lipinski definition) is 7. The summed E-state index contributed by atoms with van der Waals surface area (Å²) >= 11 is 0. The average molecular weight is 1510 g/mol. The summed E-state index contributed by atoms with van der Waals surface area (Å²) in [6.07, 6.45) is 17.0. The molecular weight excluding hydrogens is 1420 g/mol. The Kier molecular flexibility index (Phi) is 24.8. The maximum atomic E-state index is 14.8. The fourth-order valence-corrected chi connectivity index (χ4v) is 12.8. The van der Waals surface area contributed by atoms with Gasteiger partial charge in [-0.15, -0.1) is 0 Å². The molecule has 3 amide bonds. The molecule has 12 rings (SSSR count). The smallest absolute Gasteiger partial charge is 0.251 e. The van der Waals surface area contributed by atoms with Crippen LogP contribution < -0.4 is 30.2 Å². The van der Waals surface area contributed by atoms with Gasteiger partial charge >= 0.3 is 0 Å². The van der Waals surface area contributed by atoms with Crippen LogP contribution >= 0.6 is 0 Å². The summed E-state index contributed by atoms with van der Waals surface area (Å²) < 4.78 is 103. The lowest BCUT2D eigenvalue weighted by atomic mass is 9.93. The largest absolute Gasteiger partial charge is 0.496 e. The van der Waals surface area contributed by atoms with Crippen molar-refractivity contribution in [2.24, 2.45) is 5.41 Å². The van der Waals surface area contributed by atoms with E-state index >= 15 is 0 Å². The molecule has 0 fully saturated rings. The molecule has 0 aliphatic rings. The van der Waals surface area contributed by atoms with Crippen LogP contribution in [-0.4, -0.2) is 112 Å². The van der Waals surface area contributed by atoms with Crippen LogP contribution in [0.15, 0.2) is 158 Å². The Hall–Kier alpha value is -12.1. The van der Waals surface area contributed by atoms with E-state index in [1.807, 2.05) is 84.8 Å². The molecule has 0 atom stereocenters. The van der Waals surface area contributed by atoms with Crippen LogP contribution in [0.1, 0.15) is 87.4 Å². The number of nitrogens with zero attached hydrogens (tertiary/aromatic N) is 4. The molecule has 0 saturated heterocycles. The number of aromatic nitrogens is 6. The van der Waals surface area contributed by atoms with Crippen LogP contribution in [0.2, 0.25) is 0 Å². The fraction of sp³-hybridized carbons (Fsp3) is 0.250. The number of fused-ring (bicyclic) bond motifs is 3. The van der Waals surface area contributed by atoms with Gasteiger partial charge in [0.25, 0.3) is 5.91 Å². The SMILES string of the molecule is COc1cc(F)c(C)cc1-c1c[nH]c2ncc(-c3cc(F)cc(/C=C(\C)C(=O)NC(C)(C)CO)c3C)cc12.COc1cc(F)c(C)cc1-c1c[nH]c2ncc(-c3cc(F)cc(NC(=O)/C(C)=C/C(C)(C)C)c3C)cc12.COc1cc(F)c(C)cc1-c1c[nH]c2ncc(-c3cc(F)cc(NC(=O)/C=C/CN(C)C)c3C)cc12. The third-order valence-electron chi connectivity index (χ3n) is 18.8. The summed E-state index contributed by atoms with van der Waals surface area (Å²) in [6, 6.07) is 23.3. The van der Waals surface area contributed by atoms with E-state index in [9.17, 15) is 45.8 Å². The number of rotatable bonds is 19. The van der Waals surface area contributed by atoms with Gasteiger partial charge in [0.2, 0.25) is 11.8 Å². The molecule has 6 aromatic heterocycles. The number of aliphatic hydroxyl groups excluding tert-OH is 1. The van der Waals surface area contributed by atoms with E-state index in [-0.39, 0.29) is 47.2 Å². The van der Waals surface area contributed by atoms with Crippen LogP contribution in [0.4, 0.5) is 37.7 Å². The van der Waals surface area contributed by atoms with Gasteiger partial charge in [0.1, 0.15) is 69.1 Å². The standard InChI is InChI=1S/C30H31F2N3O3.C30H31F2N3O2.C28H28F2N4O2/c1-16-8-23(27(38-6)12-26(16)32)25-14-34-28-24(25)10-20(13-33-28)22-11-21(31)9-19(18(22)3)7-17(2)29(37)35-30(4,5)15-36;1-16-8-22(27(37-7)12-25(16)32)24-15-34-28-23(24)9-19(14-33-28)21-10-20(31)11-26(18(21)3)35-29(36)17(2)13-30(4,5)6;1-16-9-21(26(36-5)13-24(16)30)23-15-32-28-22(23)10-18(14-31-28)20-11-19(29)12-25(17(20)2)33-27(35)7-6-8-34(3)4/h7-14,36H,15H2,1-6H3,(H,33,34)(H,35,37);8-15H,1-7H3,(H,33,34)(H,35,36);6-7,9-15H,8H2,1-5H3,(H,31,32)(H,33,35)/b17-7+;17-13+;7-6+. The predicted molar refractivity (Wildman–Crippen MR) is 430 cm³/mol. The molecular formula is C88H90F6N10O7. The third kappa shape index (κ3) is 18.8. The molecule has 0 bridgehead atoms. The van der Waals surface area contributed by atoms with Crippen LogP contribution in [-0.2, 0) is 14.4 Å². The third-order valence-corrected chi connectivity index (χ3v) is 18.8. The normalized spacial score (nSPS) is 12.0. The zero-order chi connectivity index (χ0) is 80.8. The Labute approximate surface area is 640 Å². The summed E-state index contributed by atoms with van der Waals surface area (Å²) in [5, 5.41) is 20.2. The first kappa shape index (κ1) is 81.4. The number of nitrogens with one attached hydrogen (secondary N) is 6. The molecule has 23 heteroatoms. The zero-order valence-electron chi connectivity index (χ0n) is 65.3. The van der Waals surface area contributed by atoms with Crippen LogP contribution in [0.3, 0.4) is 0 Å². The number of aromatic amines is 3. The second-order valence-electron chi connectivity index (χ2n) is 29.4. The minimum absolute atomic E-state index is 0.162. The number of pyridine rings is 3. The highest BCUT2D eigenvalue weighted by molar-refractivity contribution is 6.06. The van der Waals surface area contributed by atoms with Crippen LogP contribution in [0.25, 0.3) is 106 Å². The van der Waals surface area contributed by atoms with E-state index in [0.29, 0.717) is 136 Å². The minimum atomic E-state index is -0.782. The second kappa shape index (κ2) is 33.8. The molecule has 111 heavy (non-hydrogen) atoms. The fourth-order valence-electron chi connectivity index (χ4n) is 12.8. The highest BCUT2D eigenvalue weighted by atomic mass is 19.1. The number of halogens is 6. The van der Waals surface area contributed by atoms with Gasteiger partial charge < -0.3 is 55.1 Å². The predicted octanol–water partition coefficient (Wildman–Crippen LogP) is 19.7. The molecule has 0 aliphatic carbocycles. The number of methoxy groups -OCH3 is 3. The lowest BCUT2D eigenvalue weighted by molar-refractivity contribution is -0.119. The lowest BCUT2D eigenvalue weighted by Crippen LogP contribution is -2.46. The van der Waals surface area contributed by atoms with Gasteiger partial charge in [-0.3, -0.25) is 14.4 Å². The minimum Gasteiger partial charge on any atom is -0.496 e. The Morgan fingerprint density at radius 2 is 0.865 bits per heavy atom.